The van der Waals surface area contributed by atoms with Gasteiger partial charge < -0.3 is 20.4 Å². The molecule has 33 heavy (non-hydrogen) atoms. The Balaban J connectivity index is 1.65. The number of alkyl halides is 1. The van der Waals surface area contributed by atoms with Crippen molar-refractivity contribution in [1.82, 2.24) is 9.97 Å². The van der Waals surface area contributed by atoms with E-state index >= 15 is 0 Å². The molecule has 0 bridgehead atoms. The van der Waals surface area contributed by atoms with Gasteiger partial charge in [0.25, 0.3) is 5.91 Å². The van der Waals surface area contributed by atoms with Crippen molar-refractivity contribution in [2.75, 3.05) is 10.6 Å². The average molecular weight is 554 g/mol. The molecule has 1 aromatic heterocycles. The molecule has 0 saturated carbocycles. The molecule has 172 valence electrons. The molecular weight excluding hydrogens is 534 g/mol. The molecule has 0 radical (unpaired) electrons. The highest BCUT2D eigenvalue weighted by Gasteiger charge is 2.30. The van der Waals surface area contributed by atoms with Crippen LogP contribution in [0, 0.1) is 0 Å². The summed E-state index contributed by atoms with van der Waals surface area (Å²) in [5.74, 6) is 0.338. The number of halogens is 4. The van der Waals surface area contributed by atoms with Crippen LogP contribution in [0.4, 0.5) is 16.0 Å². The Morgan fingerprint density at radius 3 is 2.58 bits per heavy atom. The summed E-state index contributed by atoms with van der Waals surface area (Å²) in [7, 11) is 0. The number of anilines is 2. The number of H-pyrrole nitrogens is 1. The number of allylic oxidation sites excluding steroid dienone is 2. The topological polar surface area (TPSA) is 79.0 Å². The second kappa shape index (κ2) is 9.75. The molecule has 1 heterocycles. The SMILES string of the molecule is CC(C)Oc1cc2nc(NC3C(Cl)=CC=C(Cl)C3F)[nH]c2cc1C(=O)Nc1ccc(Br)cc1. The molecule has 2 unspecified atom stereocenters. The van der Waals surface area contributed by atoms with Gasteiger partial charge in [-0.25, -0.2) is 9.37 Å². The second-order valence-corrected chi connectivity index (χ2v) is 9.49. The van der Waals surface area contributed by atoms with Crippen LogP contribution in [0.15, 0.2) is 63.1 Å². The lowest BCUT2D eigenvalue weighted by Crippen LogP contribution is -2.33. The summed E-state index contributed by atoms with van der Waals surface area (Å²) < 4.78 is 21.3. The zero-order valence-electron chi connectivity index (χ0n) is 17.6. The number of fused-ring (bicyclic) bond motifs is 1. The Morgan fingerprint density at radius 1 is 1.18 bits per heavy atom. The maximum Gasteiger partial charge on any atom is 0.259 e. The van der Waals surface area contributed by atoms with E-state index in [0.29, 0.717) is 28.0 Å². The lowest BCUT2D eigenvalue weighted by molar-refractivity contribution is 0.102. The van der Waals surface area contributed by atoms with Crippen LogP contribution in [-0.2, 0) is 0 Å². The minimum absolute atomic E-state index is 0.0486. The number of nitrogens with one attached hydrogen (secondary N) is 3. The number of aromatic amines is 1. The Morgan fingerprint density at radius 2 is 1.88 bits per heavy atom. The van der Waals surface area contributed by atoms with Crippen molar-refractivity contribution < 1.29 is 13.9 Å². The van der Waals surface area contributed by atoms with Gasteiger partial charge in [-0.15, -0.1) is 0 Å². The molecule has 0 aliphatic heterocycles. The molecule has 10 heteroatoms. The third-order valence-electron chi connectivity index (χ3n) is 4.84. The largest absolute Gasteiger partial charge is 0.490 e. The van der Waals surface area contributed by atoms with E-state index in [2.05, 4.69) is 36.5 Å². The molecule has 6 nitrogen and oxygen atoms in total. The zero-order chi connectivity index (χ0) is 23.7. The van der Waals surface area contributed by atoms with Crippen LogP contribution in [0.2, 0.25) is 0 Å². The number of nitrogens with zero attached hydrogens (tertiary/aromatic N) is 1. The highest BCUT2D eigenvalue weighted by atomic mass is 79.9. The van der Waals surface area contributed by atoms with Gasteiger partial charge in [-0.2, -0.15) is 0 Å². The second-order valence-electron chi connectivity index (χ2n) is 7.71. The van der Waals surface area contributed by atoms with Gasteiger partial charge in [-0.3, -0.25) is 4.79 Å². The van der Waals surface area contributed by atoms with Gasteiger partial charge in [0.15, 0.2) is 6.17 Å². The number of carbonyl (C=O) groups excluding carboxylic acids is 1. The summed E-state index contributed by atoms with van der Waals surface area (Å²) in [6.07, 6.45) is 1.30. The van der Waals surface area contributed by atoms with Crippen molar-refractivity contribution in [3.8, 4) is 5.75 Å². The first-order valence-corrected chi connectivity index (χ1v) is 11.7. The highest BCUT2D eigenvalue weighted by Crippen LogP contribution is 2.32. The third-order valence-corrected chi connectivity index (χ3v) is 6.06. The van der Waals surface area contributed by atoms with E-state index in [9.17, 15) is 9.18 Å². The van der Waals surface area contributed by atoms with Gasteiger partial charge in [0.05, 0.1) is 27.7 Å². The molecule has 3 aromatic rings. The number of amides is 1. The van der Waals surface area contributed by atoms with Crippen molar-refractivity contribution in [3.63, 3.8) is 0 Å². The van der Waals surface area contributed by atoms with E-state index in [-0.39, 0.29) is 28.0 Å². The third kappa shape index (κ3) is 5.34. The number of hydrogen-bond acceptors (Lipinski definition) is 4. The van der Waals surface area contributed by atoms with Crippen LogP contribution in [0.1, 0.15) is 24.2 Å². The number of imidazole rings is 1. The predicted octanol–water partition coefficient (Wildman–Crippen LogP) is 6.74. The molecule has 2 aromatic carbocycles. The average Bonchev–Trinajstić information content (AvgIpc) is 3.16. The number of benzene rings is 2. The van der Waals surface area contributed by atoms with Crippen molar-refractivity contribution in [3.05, 3.63) is 68.7 Å². The standard InChI is InChI=1S/C23H20BrCl2FN4O2/c1-11(2)33-19-10-18-17(9-14(19)22(32)28-13-5-3-12(24)4-6-13)29-23(30-18)31-21-16(26)8-7-15(25)20(21)27/h3-11,20-21H,1-2H3,(H,28,32)(H2,29,30,31). The monoisotopic (exact) mass is 552 g/mol. The minimum Gasteiger partial charge on any atom is -0.490 e. The van der Waals surface area contributed by atoms with Gasteiger partial charge in [-0.1, -0.05) is 39.1 Å². The molecule has 1 aliphatic rings. The lowest BCUT2D eigenvalue weighted by Gasteiger charge is -2.23. The quantitative estimate of drug-likeness (QED) is 0.316. The fourth-order valence-corrected chi connectivity index (χ4v) is 3.99. The van der Waals surface area contributed by atoms with E-state index in [0.717, 1.165) is 4.47 Å². The van der Waals surface area contributed by atoms with Crippen LogP contribution in [0.3, 0.4) is 0 Å². The van der Waals surface area contributed by atoms with Crippen LogP contribution in [-0.4, -0.2) is 34.2 Å². The molecular formula is C23H20BrCl2FN4O2. The number of carbonyl (C=O) groups is 1. The molecule has 0 fully saturated rings. The molecule has 1 amide bonds. The van der Waals surface area contributed by atoms with E-state index < -0.39 is 12.2 Å². The fraction of sp³-hybridized carbons (Fsp3) is 0.217. The molecule has 3 N–H and O–H groups in total. The van der Waals surface area contributed by atoms with Gasteiger partial charge >= 0.3 is 0 Å². The van der Waals surface area contributed by atoms with Crippen molar-refractivity contribution in [1.29, 1.82) is 0 Å². The van der Waals surface area contributed by atoms with E-state index in [1.54, 1.807) is 30.3 Å². The smallest absolute Gasteiger partial charge is 0.259 e. The Bertz CT molecular complexity index is 1260. The summed E-state index contributed by atoms with van der Waals surface area (Å²) in [6.45, 7) is 3.74. The summed E-state index contributed by atoms with van der Waals surface area (Å²) in [5.41, 5.74) is 2.09. The first-order chi connectivity index (χ1) is 15.7. The number of rotatable bonds is 6. The van der Waals surface area contributed by atoms with Crippen LogP contribution in [0.25, 0.3) is 11.0 Å². The van der Waals surface area contributed by atoms with Crippen LogP contribution in [0.5, 0.6) is 5.75 Å². The van der Waals surface area contributed by atoms with Crippen LogP contribution >= 0.6 is 39.1 Å². The highest BCUT2D eigenvalue weighted by molar-refractivity contribution is 9.10. The molecule has 1 aliphatic carbocycles. The molecule has 0 saturated heterocycles. The molecule has 0 spiro atoms. The van der Waals surface area contributed by atoms with E-state index in [1.807, 2.05) is 26.0 Å². The Kier molecular flexibility index (Phi) is 6.97. The van der Waals surface area contributed by atoms with E-state index in [4.69, 9.17) is 27.9 Å². The number of aromatic nitrogens is 2. The van der Waals surface area contributed by atoms with Crippen molar-refractivity contribution >= 4 is 67.7 Å². The first-order valence-electron chi connectivity index (χ1n) is 10.1. The van der Waals surface area contributed by atoms with Gasteiger partial charge in [0, 0.05) is 21.3 Å². The molecule has 4 rings (SSSR count). The Hall–Kier alpha value is -2.55. The number of hydrogen-bond donors (Lipinski definition) is 3. The first kappa shape index (κ1) is 23.6. The van der Waals surface area contributed by atoms with E-state index in [1.165, 1.54) is 6.08 Å². The zero-order valence-corrected chi connectivity index (χ0v) is 20.7. The molecule has 2 atom stereocenters. The summed E-state index contributed by atoms with van der Waals surface area (Å²) >= 11 is 15.5. The predicted molar refractivity (Wildman–Crippen MR) is 134 cm³/mol. The summed E-state index contributed by atoms with van der Waals surface area (Å²) in [5, 5.41) is 6.13. The Labute approximate surface area is 208 Å². The van der Waals surface area contributed by atoms with Crippen molar-refractivity contribution in [2.24, 2.45) is 0 Å². The van der Waals surface area contributed by atoms with Gasteiger partial charge in [0.2, 0.25) is 5.95 Å². The summed E-state index contributed by atoms with van der Waals surface area (Å²) in [4.78, 5) is 20.6. The van der Waals surface area contributed by atoms with Gasteiger partial charge in [-0.05, 0) is 56.3 Å². The van der Waals surface area contributed by atoms with Crippen LogP contribution < -0.4 is 15.4 Å². The van der Waals surface area contributed by atoms with Crippen molar-refractivity contribution in [2.45, 2.75) is 32.2 Å². The fourth-order valence-electron chi connectivity index (χ4n) is 3.31. The lowest BCUT2D eigenvalue weighted by atomic mass is 10.1. The minimum atomic E-state index is -1.51. The van der Waals surface area contributed by atoms with Gasteiger partial charge in [0.1, 0.15) is 11.8 Å². The number of ether oxygens (including phenoxy) is 1. The summed E-state index contributed by atoms with van der Waals surface area (Å²) in [6, 6.07) is 9.69. The maximum absolute atomic E-state index is 14.5. The maximum atomic E-state index is 14.5. The normalized spacial score (nSPS) is 18.2.